The first-order valence-electron chi connectivity index (χ1n) is 12.6. The van der Waals surface area contributed by atoms with Crippen molar-refractivity contribution >= 4 is 11.0 Å². The smallest absolute Gasteiger partial charge is 0.339 e. The fourth-order valence-corrected chi connectivity index (χ4v) is 4.15. The molecule has 2 aromatic carbocycles. The maximum absolute atomic E-state index is 13.3. The SMILES string of the molecule is CCCCCCc1c(C)c2ccc(OCC(O)Cn3cc(COc4cccc(F)c4)nn3)cc2oc1=O. The zero-order valence-electron chi connectivity index (χ0n) is 21.2. The summed E-state index contributed by atoms with van der Waals surface area (Å²) in [5.41, 5.74) is 2.38. The molecule has 2 heterocycles. The molecule has 0 aliphatic rings. The van der Waals surface area contributed by atoms with Gasteiger partial charge in [0.2, 0.25) is 0 Å². The molecule has 0 radical (unpaired) electrons. The molecule has 8 nitrogen and oxygen atoms in total. The van der Waals surface area contributed by atoms with E-state index in [4.69, 9.17) is 13.9 Å². The predicted molar refractivity (Wildman–Crippen MR) is 137 cm³/mol. The molecule has 1 atom stereocenters. The number of ether oxygens (including phenoxy) is 2. The fraction of sp³-hybridized carbons (Fsp3) is 0.393. The lowest BCUT2D eigenvalue weighted by molar-refractivity contribution is 0.0888. The molecule has 0 saturated heterocycles. The van der Waals surface area contributed by atoms with Crippen molar-refractivity contribution in [2.75, 3.05) is 6.61 Å². The Balaban J connectivity index is 1.31. The van der Waals surface area contributed by atoms with Crippen LogP contribution in [0.1, 0.15) is 49.4 Å². The van der Waals surface area contributed by atoms with Gasteiger partial charge in [0.15, 0.2) is 0 Å². The van der Waals surface area contributed by atoms with Crippen molar-refractivity contribution in [3.05, 3.63) is 81.7 Å². The third kappa shape index (κ3) is 7.16. The number of halogens is 1. The van der Waals surface area contributed by atoms with E-state index in [0.717, 1.165) is 48.6 Å². The zero-order chi connectivity index (χ0) is 26.2. The van der Waals surface area contributed by atoms with Crippen molar-refractivity contribution in [2.24, 2.45) is 0 Å². The monoisotopic (exact) mass is 509 g/mol. The number of aromatic nitrogens is 3. The average Bonchev–Trinajstić information content (AvgIpc) is 3.32. The van der Waals surface area contributed by atoms with Gasteiger partial charge in [0.05, 0.1) is 12.7 Å². The van der Waals surface area contributed by atoms with Gasteiger partial charge in [-0.1, -0.05) is 37.5 Å². The lowest BCUT2D eigenvalue weighted by Crippen LogP contribution is -2.24. The lowest BCUT2D eigenvalue weighted by atomic mass is 10.0. The van der Waals surface area contributed by atoms with E-state index in [2.05, 4.69) is 17.2 Å². The summed E-state index contributed by atoms with van der Waals surface area (Å²) < 4.78 is 31.6. The molecule has 1 unspecified atom stereocenters. The molecule has 0 aliphatic carbocycles. The Hall–Kier alpha value is -3.72. The first-order chi connectivity index (χ1) is 17.9. The Morgan fingerprint density at radius 3 is 2.76 bits per heavy atom. The number of hydrogen-bond donors (Lipinski definition) is 1. The number of benzene rings is 2. The van der Waals surface area contributed by atoms with Crippen LogP contribution in [0.3, 0.4) is 0 Å². The van der Waals surface area contributed by atoms with Crippen LogP contribution in [0.4, 0.5) is 4.39 Å². The van der Waals surface area contributed by atoms with Crippen molar-refractivity contribution in [3.8, 4) is 11.5 Å². The topological polar surface area (TPSA) is 99.6 Å². The van der Waals surface area contributed by atoms with Crippen LogP contribution in [0.15, 0.2) is 57.9 Å². The highest BCUT2D eigenvalue weighted by Gasteiger charge is 2.14. The Bertz CT molecular complexity index is 1380. The third-order valence-corrected chi connectivity index (χ3v) is 6.15. The minimum Gasteiger partial charge on any atom is -0.491 e. The van der Waals surface area contributed by atoms with E-state index in [9.17, 15) is 14.3 Å². The summed E-state index contributed by atoms with van der Waals surface area (Å²) in [6, 6.07) is 11.2. The number of nitrogens with zero attached hydrogens (tertiary/aromatic N) is 3. The van der Waals surface area contributed by atoms with Crippen LogP contribution < -0.4 is 15.1 Å². The second-order valence-electron chi connectivity index (χ2n) is 9.10. The molecule has 1 N–H and O–H groups in total. The molecule has 0 amide bonds. The van der Waals surface area contributed by atoms with Gasteiger partial charge in [-0.2, -0.15) is 0 Å². The summed E-state index contributed by atoms with van der Waals surface area (Å²) in [5.74, 6) is 0.510. The largest absolute Gasteiger partial charge is 0.491 e. The number of rotatable bonds is 13. The van der Waals surface area contributed by atoms with E-state index < -0.39 is 6.10 Å². The van der Waals surface area contributed by atoms with Crippen LogP contribution in [-0.4, -0.2) is 32.8 Å². The summed E-state index contributed by atoms with van der Waals surface area (Å²) in [4.78, 5) is 12.6. The van der Waals surface area contributed by atoms with Gasteiger partial charge >= 0.3 is 5.63 Å². The van der Waals surface area contributed by atoms with Gasteiger partial charge in [0.25, 0.3) is 0 Å². The molecule has 0 spiro atoms. The first kappa shape index (κ1) is 26.3. The third-order valence-electron chi connectivity index (χ3n) is 6.15. The molecule has 37 heavy (non-hydrogen) atoms. The number of fused-ring (bicyclic) bond motifs is 1. The van der Waals surface area contributed by atoms with E-state index in [1.807, 2.05) is 13.0 Å². The minimum atomic E-state index is -0.853. The normalized spacial score (nSPS) is 12.1. The van der Waals surface area contributed by atoms with Crippen molar-refractivity contribution in [1.29, 1.82) is 0 Å². The summed E-state index contributed by atoms with van der Waals surface area (Å²) in [7, 11) is 0. The van der Waals surface area contributed by atoms with Gasteiger partial charge in [-0.25, -0.2) is 13.9 Å². The molecule has 4 aromatic rings. The van der Waals surface area contributed by atoms with Gasteiger partial charge in [-0.15, -0.1) is 5.10 Å². The molecule has 0 aliphatic heterocycles. The van der Waals surface area contributed by atoms with Gasteiger partial charge in [-0.3, -0.25) is 0 Å². The summed E-state index contributed by atoms with van der Waals surface area (Å²) in [6.45, 7) is 4.41. The number of aliphatic hydroxyl groups excluding tert-OH is 1. The van der Waals surface area contributed by atoms with Crippen LogP contribution in [0.2, 0.25) is 0 Å². The second-order valence-corrected chi connectivity index (χ2v) is 9.10. The molecule has 9 heteroatoms. The highest BCUT2D eigenvalue weighted by atomic mass is 19.1. The lowest BCUT2D eigenvalue weighted by Gasteiger charge is -2.13. The van der Waals surface area contributed by atoms with Crippen LogP contribution in [0.5, 0.6) is 11.5 Å². The maximum Gasteiger partial charge on any atom is 0.339 e. The Kier molecular flexibility index (Phi) is 8.90. The zero-order valence-corrected chi connectivity index (χ0v) is 21.2. The van der Waals surface area contributed by atoms with Crippen LogP contribution in [-0.2, 0) is 19.6 Å². The quantitative estimate of drug-likeness (QED) is 0.201. The first-order valence-corrected chi connectivity index (χ1v) is 12.6. The number of aryl methyl sites for hydroxylation is 1. The number of aliphatic hydroxyl groups is 1. The molecule has 0 fully saturated rings. The number of hydrogen-bond acceptors (Lipinski definition) is 7. The predicted octanol–water partition coefficient (Wildman–Crippen LogP) is 4.97. The summed E-state index contributed by atoms with van der Waals surface area (Å²) >= 11 is 0. The minimum absolute atomic E-state index is 0.0131. The fourth-order valence-electron chi connectivity index (χ4n) is 4.15. The Morgan fingerprint density at radius 2 is 1.95 bits per heavy atom. The van der Waals surface area contributed by atoms with E-state index in [1.54, 1.807) is 30.5 Å². The van der Waals surface area contributed by atoms with E-state index in [-0.39, 0.29) is 31.2 Å². The maximum atomic E-state index is 13.3. The molecule has 0 bridgehead atoms. The Labute approximate surface area is 214 Å². The standard InChI is InChI=1S/C28H32FN3O5/c1-3-4-5-6-10-26-19(2)25-12-11-24(14-27(25)37-28(26)34)36-18-22(33)16-32-15-21(30-31-32)17-35-23-9-7-8-20(29)13-23/h7-9,11-15,22,33H,3-6,10,16-18H2,1-2H3. The van der Waals surface area contributed by atoms with E-state index in [0.29, 0.717) is 22.8 Å². The summed E-state index contributed by atoms with van der Waals surface area (Å²) in [5, 5.41) is 19.3. The van der Waals surface area contributed by atoms with Crippen LogP contribution >= 0.6 is 0 Å². The van der Waals surface area contributed by atoms with E-state index >= 15 is 0 Å². The van der Waals surface area contributed by atoms with Crippen molar-refractivity contribution in [3.63, 3.8) is 0 Å². The molecule has 196 valence electrons. The van der Waals surface area contributed by atoms with Crippen molar-refractivity contribution in [2.45, 2.75) is 65.2 Å². The van der Waals surface area contributed by atoms with E-state index in [1.165, 1.54) is 16.8 Å². The van der Waals surface area contributed by atoms with Crippen LogP contribution in [0.25, 0.3) is 11.0 Å². The number of unbranched alkanes of at least 4 members (excludes halogenated alkanes) is 3. The highest BCUT2D eigenvalue weighted by Crippen LogP contribution is 2.25. The Morgan fingerprint density at radius 1 is 1.11 bits per heavy atom. The molecular weight excluding hydrogens is 477 g/mol. The highest BCUT2D eigenvalue weighted by molar-refractivity contribution is 5.82. The average molecular weight is 510 g/mol. The van der Waals surface area contributed by atoms with Gasteiger partial charge in [0.1, 0.15) is 47.9 Å². The van der Waals surface area contributed by atoms with Gasteiger partial charge in [0, 0.05) is 23.1 Å². The van der Waals surface area contributed by atoms with Crippen LogP contribution in [0, 0.1) is 12.7 Å². The molecule has 4 rings (SSSR count). The molecule has 0 saturated carbocycles. The molecular formula is C28H32FN3O5. The van der Waals surface area contributed by atoms with Crippen molar-refractivity contribution < 1.29 is 23.4 Å². The van der Waals surface area contributed by atoms with Crippen molar-refractivity contribution in [1.82, 2.24) is 15.0 Å². The molecule has 2 aromatic heterocycles. The summed E-state index contributed by atoms with van der Waals surface area (Å²) in [6.07, 6.45) is 5.89. The van der Waals surface area contributed by atoms with Gasteiger partial charge < -0.3 is 19.0 Å². The van der Waals surface area contributed by atoms with Gasteiger partial charge in [-0.05, 0) is 49.6 Å². The second kappa shape index (κ2) is 12.5.